The van der Waals surface area contributed by atoms with Gasteiger partial charge < -0.3 is 10.1 Å². The second kappa shape index (κ2) is 8.55. The van der Waals surface area contributed by atoms with Gasteiger partial charge in [0, 0.05) is 16.5 Å². The van der Waals surface area contributed by atoms with Crippen LogP contribution in [-0.2, 0) is 9.53 Å². The number of carbonyl (C=O) groups excluding carboxylic acids is 2. The molecule has 0 radical (unpaired) electrons. The van der Waals surface area contributed by atoms with Gasteiger partial charge in [0.1, 0.15) is 9.71 Å². The van der Waals surface area contributed by atoms with Gasteiger partial charge in [0.05, 0.1) is 11.4 Å². The number of hydrogen-bond donors (Lipinski definition) is 1. The molecule has 1 aliphatic rings. The maximum atomic E-state index is 12.5. The SMILES string of the molecule is Cc1nn(-c2ccc(Cl)cc2)c2sc(C(=O)OCC(=O)NC3CCCCC3)cc12. The molecule has 0 unspecified atom stereocenters. The van der Waals surface area contributed by atoms with E-state index in [9.17, 15) is 9.59 Å². The highest BCUT2D eigenvalue weighted by Crippen LogP contribution is 2.31. The Labute approximate surface area is 177 Å². The van der Waals surface area contributed by atoms with Crippen molar-refractivity contribution in [3.63, 3.8) is 0 Å². The van der Waals surface area contributed by atoms with E-state index in [0.29, 0.717) is 9.90 Å². The fourth-order valence-electron chi connectivity index (χ4n) is 3.62. The average Bonchev–Trinajstić information content (AvgIpc) is 3.28. The number of thiophene rings is 1. The fourth-order valence-corrected chi connectivity index (χ4v) is 4.83. The number of hydrogen-bond acceptors (Lipinski definition) is 5. The predicted molar refractivity (Wildman–Crippen MR) is 114 cm³/mol. The van der Waals surface area contributed by atoms with Gasteiger partial charge in [0.15, 0.2) is 6.61 Å². The van der Waals surface area contributed by atoms with Gasteiger partial charge in [-0.3, -0.25) is 4.79 Å². The zero-order chi connectivity index (χ0) is 20.4. The number of nitrogens with one attached hydrogen (secondary N) is 1. The summed E-state index contributed by atoms with van der Waals surface area (Å²) < 4.78 is 7.03. The quantitative estimate of drug-likeness (QED) is 0.596. The average molecular weight is 432 g/mol. The molecule has 1 aromatic carbocycles. The third kappa shape index (κ3) is 4.46. The summed E-state index contributed by atoms with van der Waals surface area (Å²) in [4.78, 5) is 25.9. The summed E-state index contributed by atoms with van der Waals surface area (Å²) in [6.45, 7) is 1.64. The molecule has 152 valence electrons. The first kappa shape index (κ1) is 19.9. The van der Waals surface area contributed by atoms with Crippen LogP contribution in [-0.4, -0.2) is 34.3 Å². The molecule has 0 spiro atoms. The number of amides is 1. The first-order chi connectivity index (χ1) is 14.0. The summed E-state index contributed by atoms with van der Waals surface area (Å²) in [5.74, 6) is -0.734. The molecule has 0 aliphatic heterocycles. The van der Waals surface area contributed by atoms with Crippen molar-refractivity contribution in [2.45, 2.75) is 45.1 Å². The number of benzene rings is 1. The lowest BCUT2D eigenvalue weighted by Gasteiger charge is -2.22. The van der Waals surface area contributed by atoms with Crippen molar-refractivity contribution in [1.29, 1.82) is 0 Å². The van der Waals surface area contributed by atoms with Crippen LogP contribution in [0, 0.1) is 6.92 Å². The van der Waals surface area contributed by atoms with E-state index in [1.807, 2.05) is 19.1 Å². The standard InChI is InChI=1S/C21H22ClN3O3S/c1-13-17-11-18(21(27)28-12-19(26)23-15-5-3-2-4-6-15)29-20(17)25(24-13)16-9-7-14(22)8-10-16/h7-11,15H,2-6,12H2,1H3,(H,23,26). The molecule has 2 aromatic heterocycles. The zero-order valence-electron chi connectivity index (χ0n) is 16.1. The van der Waals surface area contributed by atoms with Crippen molar-refractivity contribution in [1.82, 2.24) is 15.1 Å². The number of halogens is 1. The first-order valence-corrected chi connectivity index (χ1v) is 10.9. The molecule has 1 amide bonds. The second-order valence-electron chi connectivity index (χ2n) is 7.28. The first-order valence-electron chi connectivity index (χ1n) is 9.73. The van der Waals surface area contributed by atoms with Crippen molar-refractivity contribution < 1.29 is 14.3 Å². The van der Waals surface area contributed by atoms with Gasteiger partial charge in [-0.05, 0) is 50.1 Å². The molecular formula is C21H22ClN3O3S. The largest absolute Gasteiger partial charge is 0.451 e. The minimum atomic E-state index is -0.493. The number of esters is 1. The number of aromatic nitrogens is 2. The van der Waals surface area contributed by atoms with E-state index in [4.69, 9.17) is 16.3 Å². The highest BCUT2D eigenvalue weighted by molar-refractivity contribution is 7.20. The van der Waals surface area contributed by atoms with Crippen molar-refractivity contribution in [2.24, 2.45) is 0 Å². The molecule has 1 fully saturated rings. The summed E-state index contributed by atoms with van der Waals surface area (Å²) in [6.07, 6.45) is 5.49. The molecule has 29 heavy (non-hydrogen) atoms. The van der Waals surface area contributed by atoms with Gasteiger partial charge in [-0.25, -0.2) is 9.48 Å². The molecule has 8 heteroatoms. The maximum absolute atomic E-state index is 12.5. The number of rotatable bonds is 5. The van der Waals surface area contributed by atoms with E-state index < -0.39 is 5.97 Å². The number of nitrogens with zero attached hydrogens (tertiary/aromatic N) is 2. The third-order valence-corrected chi connectivity index (χ3v) is 6.46. The third-order valence-electron chi connectivity index (χ3n) is 5.12. The summed E-state index contributed by atoms with van der Waals surface area (Å²) in [7, 11) is 0. The Kier molecular flexibility index (Phi) is 5.87. The zero-order valence-corrected chi connectivity index (χ0v) is 17.7. The summed E-state index contributed by atoms with van der Waals surface area (Å²) in [6, 6.07) is 9.33. The molecule has 2 heterocycles. The van der Waals surface area contributed by atoms with E-state index in [1.54, 1.807) is 22.9 Å². The van der Waals surface area contributed by atoms with Gasteiger partial charge in [0.25, 0.3) is 5.91 Å². The highest BCUT2D eigenvalue weighted by atomic mass is 35.5. The molecular weight excluding hydrogens is 410 g/mol. The van der Waals surface area contributed by atoms with Crippen molar-refractivity contribution in [3.8, 4) is 5.69 Å². The monoisotopic (exact) mass is 431 g/mol. The van der Waals surface area contributed by atoms with Crippen LogP contribution in [0.15, 0.2) is 30.3 Å². The molecule has 3 aromatic rings. The van der Waals surface area contributed by atoms with Crippen LogP contribution >= 0.6 is 22.9 Å². The summed E-state index contributed by atoms with van der Waals surface area (Å²) >= 11 is 7.27. The normalized spacial score (nSPS) is 14.8. The van der Waals surface area contributed by atoms with Gasteiger partial charge in [-0.2, -0.15) is 5.10 Å². The lowest BCUT2D eigenvalue weighted by molar-refractivity contribution is -0.125. The molecule has 4 rings (SSSR count). The number of aryl methyl sites for hydroxylation is 1. The number of ether oxygens (including phenoxy) is 1. The lowest BCUT2D eigenvalue weighted by atomic mass is 9.95. The van der Waals surface area contributed by atoms with Gasteiger partial charge in [-0.1, -0.05) is 30.9 Å². The van der Waals surface area contributed by atoms with E-state index >= 15 is 0 Å². The highest BCUT2D eigenvalue weighted by Gasteiger charge is 2.20. The van der Waals surface area contributed by atoms with Crippen LogP contribution in [0.1, 0.15) is 47.5 Å². The molecule has 0 atom stereocenters. The van der Waals surface area contributed by atoms with Crippen LogP contribution < -0.4 is 5.32 Å². The minimum absolute atomic E-state index is 0.201. The van der Waals surface area contributed by atoms with Gasteiger partial charge >= 0.3 is 5.97 Å². The van der Waals surface area contributed by atoms with Crippen LogP contribution in [0.5, 0.6) is 0 Å². The van der Waals surface area contributed by atoms with Crippen LogP contribution in [0.3, 0.4) is 0 Å². The Balaban J connectivity index is 1.45. The Morgan fingerprint density at radius 3 is 2.69 bits per heavy atom. The Hall–Kier alpha value is -2.38. The van der Waals surface area contributed by atoms with E-state index in [1.165, 1.54) is 17.8 Å². The Morgan fingerprint density at radius 1 is 1.24 bits per heavy atom. The van der Waals surface area contributed by atoms with Crippen LogP contribution in [0.2, 0.25) is 5.02 Å². The predicted octanol–water partition coefficient (Wildman–Crippen LogP) is 4.65. The maximum Gasteiger partial charge on any atom is 0.348 e. The van der Waals surface area contributed by atoms with Crippen molar-refractivity contribution >= 4 is 45.0 Å². The molecule has 0 saturated heterocycles. The smallest absolute Gasteiger partial charge is 0.348 e. The second-order valence-corrected chi connectivity index (χ2v) is 8.75. The van der Waals surface area contributed by atoms with Gasteiger partial charge in [0.2, 0.25) is 0 Å². The number of carbonyl (C=O) groups is 2. The van der Waals surface area contributed by atoms with Crippen molar-refractivity contribution in [2.75, 3.05) is 6.61 Å². The van der Waals surface area contributed by atoms with E-state index in [-0.39, 0.29) is 18.6 Å². The Bertz CT molecular complexity index is 1040. The molecule has 1 saturated carbocycles. The van der Waals surface area contributed by atoms with E-state index in [2.05, 4.69) is 10.4 Å². The Morgan fingerprint density at radius 2 is 1.97 bits per heavy atom. The molecule has 6 nitrogen and oxygen atoms in total. The minimum Gasteiger partial charge on any atom is -0.451 e. The molecule has 0 bridgehead atoms. The van der Waals surface area contributed by atoms with Crippen LogP contribution in [0.25, 0.3) is 15.9 Å². The topological polar surface area (TPSA) is 73.2 Å². The fraction of sp³-hybridized carbons (Fsp3) is 0.381. The summed E-state index contributed by atoms with van der Waals surface area (Å²) in [5, 5.41) is 9.05. The molecule has 1 N–H and O–H groups in total. The molecule has 1 aliphatic carbocycles. The lowest BCUT2D eigenvalue weighted by Crippen LogP contribution is -2.38. The summed E-state index contributed by atoms with van der Waals surface area (Å²) in [5.41, 5.74) is 1.68. The van der Waals surface area contributed by atoms with Gasteiger partial charge in [-0.15, -0.1) is 11.3 Å². The van der Waals surface area contributed by atoms with E-state index in [0.717, 1.165) is 47.3 Å². The number of fused-ring (bicyclic) bond motifs is 1. The van der Waals surface area contributed by atoms with Crippen molar-refractivity contribution in [3.05, 3.63) is 45.9 Å². The van der Waals surface area contributed by atoms with Crippen LogP contribution in [0.4, 0.5) is 0 Å².